The normalized spacial score (nSPS) is 12.2. The molecule has 12 rings (SSSR count). The fourth-order valence-electron chi connectivity index (χ4n) is 9.77. The Labute approximate surface area is 350 Å². The van der Waals surface area contributed by atoms with Crippen LogP contribution in [0.5, 0.6) is 0 Å². The second kappa shape index (κ2) is 13.0. The maximum Gasteiger partial charge on any atom is 0.0546 e. The topological polar surface area (TPSA) is 8.17 Å². The molecule has 0 fully saturated rings. The molecule has 0 radical (unpaired) electrons. The van der Waals surface area contributed by atoms with Crippen molar-refractivity contribution >= 4 is 71.2 Å². The lowest BCUT2D eigenvalue weighted by Gasteiger charge is -2.30. The van der Waals surface area contributed by atoms with Gasteiger partial charge in [0.1, 0.15) is 0 Å². The minimum atomic E-state index is 0.0581. The predicted molar refractivity (Wildman–Crippen MR) is 257 cm³/mol. The fraction of sp³-hybridized carbons (Fsp3) is 0.0690. The van der Waals surface area contributed by atoms with Crippen LogP contribution in [0, 0.1) is 0 Å². The van der Waals surface area contributed by atoms with Gasteiger partial charge < -0.3 is 9.47 Å². The van der Waals surface area contributed by atoms with Crippen molar-refractivity contribution in [2.45, 2.75) is 26.2 Å². The van der Waals surface area contributed by atoms with Gasteiger partial charge >= 0.3 is 0 Å². The Balaban J connectivity index is 0.987. The highest BCUT2D eigenvalue weighted by Gasteiger charge is 2.26. The molecule has 0 bridgehead atoms. The van der Waals surface area contributed by atoms with Gasteiger partial charge in [0.15, 0.2) is 0 Å². The summed E-state index contributed by atoms with van der Waals surface area (Å²) < 4.78 is 2.41. The summed E-state index contributed by atoms with van der Waals surface area (Å²) in [6.07, 6.45) is 0. The summed E-state index contributed by atoms with van der Waals surface area (Å²) in [5, 5.41) is 10.0. The van der Waals surface area contributed by atoms with Crippen molar-refractivity contribution in [2.24, 2.45) is 0 Å². The van der Waals surface area contributed by atoms with Gasteiger partial charge in [0, 0.05) is 33.4 Å². The molecule has 1 aliphatic rings. The molecule has 60 heavy (non-hydrogen) atoms. The summed E-state index contributed by atoms with van der Waals surface area (Å²) >= 11 is 0. The fourth-order valence-corrected chi connectivity index (χ4v) is 9.77. The molecule has 0 unspecified atom stereocenters. The van der Waals surface area contributed by atoms with E-state index in [2.05, 4.69) is 230 Å². The van der Waals surface area contributed by atoms with Crippen molar-refractivity contribution in [2.75, 3.05) is 4.90 Å². The molecule has 0 saturated carbocycles. The molecule has 1 aromatic heterocycles. The first-order chi connectivity index (χ1) is 29.4. The number of hydrogen-bond acceptors (Lipinski definition) is 1. The highest BCUT2D eigenvalue weighted by Crippen LogP contribution is 2.52. The van der Waals surface area contributed by atoms with Crippen molar-refractivity contribution in [3.8, 4) is 39.1 Å². The molecule has 2 nitrogen and oxygen atoms in total. The monoisotopic (exact) mass is 766 g/mol. The molecule has 10 aromatic carbocycles. The lowest BCUT2D eigenvalue weighted by Crippen LogP contribution is -2.14. The van der Waals surface area contributed by atoms with Gasteiger partial charge in [-0.2, -0.15) is 0 Å². The van der Waals surface area contributed by atoms with Crippen molar-refractivity contribution in [3.05, 3.63) is 206 Å². The Kier molecular flexibility index (Phi) is 7.52. The number of hydrogen-bond donors (Lipinski definition) is 0. The summed E-state index contributed by atoms with van der Waals surface area (Å²) in [6, 6.07) is 74.3. The third-order valence-electron chi connectivity index (χ3n) is 12.8. The minimum absolute atomic E-state index is 0.0581. The summed E-state index contributed by atoms with van der Waals surface area (Å²) in [5.74, 6) is 0. The Morgan fingerprint density at radius 3 is 1.55 bits per heavy atom. The van der Waals surface area contributed by atoms with Crippen LogP contribution < -0.4 is 4.90 Å². The summed E-state index contributed by atoms with van der Waals surface area (Å²) in [4.78, 5) is 2.45. The molecule has 1 aliphatic carbocycles. The van der Waals surface area contributed by atoms with Gasteiger partial charge in [-0.15, -0.1) is 0 Å². The first kappa shape index (κ1) is 34.6. The second-order valence-corrected chi connectivity index (χ2v) is 17.4. The highest BCUT2D eigenvalue weighted by atomic mass is 15.1. The Bertz CT molecular complexity index is 3460. The van der Waals surface area contributed by atoms with Crippen LogP contribution in [0.4, 0.5) is 17.1 Å². The largest absolute Gasteiger partial charge is 0.310 e. The minimum Gasteiger partial charge on any atom is -0.310 e. The van der Waals surface area contributed by atoms with Gasteiger partial charge in [-0.1, -0.05) is 142 Å². The SMILES string of the molecule is CC(C)(C)c1ccc(N(c2ccc3cc4c(cc3c2)-c2cc3ccc(-n5c6ccccc6c6ccccc65)cc3cc2-4)c2ccc3ccccc3c2-c2ccccc2)cc1. The zero-order valence-corrected chi connectivity index (χ0v) is 33.9. The highest BCUT2D eigenvalue weighted by molar-refractivity contribution is 6.14. The Morgan fingerprint density at radius 1 is 0.383 bits per heavy atom. The van der Waals surface area contributed by atoms with E-state index < -0.39 is 0 Å². The van der Waals surface area contributed by atoms with Gasteiger partial charge in [0.25, 0.3) is 0 Å². The summed E-state index contributed by atoms with van der Waals surface area (Å²) in [5.41, 5.74) is 16.2. The number of para-hydroxylation sites is 2. The van der Waals surface area contributed by atoms with E-state index in [1.54, 1.807) is 0 Å². The van der Waals surface area contributed by atoms with Crippen LogP contribution in [0.1, 0.15) is 26.3 Å². The number of aromatic nitrogens is 1. The molecular weight excluding hydrogens is 725 g/mol. The average molecular weight is 767 g/mol. The lowest BCUT2D eigenvalue weighted by molar-refractivity contribution is 0.590. The van der Waals surface area contributed by atoms with Crippen LogP contribution in [0.25, 0.3) is 93.2 Å². The van der Waals surface area contributed by atoms with Crippen molar-refractivity contribution in [1.29, 1.82) is 0 Å². The van der Waals surface area contributed by atoms with E-state index in [1.165, 1.54) is 98.8 Å². The molecule has 284 valence electrons. The van der Waals surface area contributed by atoms with Crippen LogP contribution in [0.15, 0.2) is 200 Å². The number of benzene rings is 10. The first-order valence-electron chi connectivity index (χ1n) is 21.0. The molecule has 2 heteroatoms. The predicted octanol–water partition coefficient (Wildman–Crippen LogP) is 16.3. The van der Waals surface area contributed by atoms with Gasteiger partial charge in [0.2, 0.25) is 0 Å². The van der Waals surface area contributed by atoms with E-state index in [0.29, 0.717) is 0 Å². The molecule has 0 amide bonds. The maximum absolute atomic E-state index is 2.45. The quantitative estimate of drug-likeness (QED) is 0.169. The van der Waals surface area contributed by atoms with E-state index in [1.807, 2.05) is 0 Å². The average Bonchev–Trinajstić information content (AvgIpc) is 3.62. The molecule has 0 atom stereocenters. The molecule has 0 saturated heterocycles. The number of nitrogens with zero attached hydrogens (tertiary/aromatic N) is 2. The first-order valence-corrected chi connectivity index (χ1v) is 21.0. The van der Waals surface area contributed by atoms with Gasteiger partial charge in [-0.3, -0.25) is 0 Å². The zero-order chi connectivity index (χ0) is 40.1. The Hall–Kier alpha value is -7.42. The molecule has 0 N–H and O–H groups in total. The van der Waals surface area contributed by atoms with Gasteiger partial charge in [-0.25, -0.2) is 0 Å². The summed E-state index contributed by atoms with van der Waals surface area (Å²) in [7, 11) is 0. The standard InChI is InChI=1S/C58H42N2/c1-58(2,3)43-24-28-44(29-25-43)59(56-30-23-37-13-7-8-16-47(37)57(56)38-14-5-4-6-15-38)45-26-21-39-33-50-52(35-41(39)31-45)51-34-40-22-27-46(32-42(40)36-53(50)51)60-54-19-11-9-17-48(54)49-18-10-12-20-55(49)60/h4-36H,1-3H3. The maximum atomic E-state index is 2.45. The van der Waals surface area contributed by atoms with Crippen LogP contribution in [-0.4, -0.2) is 4.57 Å². The number of rotatable bonds is 5. The molecular formula is C58H42N2. The van der Waals surface area contributed by atoms with E-state index in [9.17, 15) is 0 Å². The summed E-state index contributed by atoms with van der Waals surface area (Å²) in [6.45, 7) is 6.84. The van der Waals surface area contributed by atoms with E-state index in [0.717, 1.165) is 17.1 Å². The van der Waals surface area contributed by atoms with Crippen molar-refractivity contribution in [3.63, 3.8) is 0 Å². The van der Waals surface area contributed by atoms with Crippen molar-refractivity contribution in [1.82, 2.24) is 4.57 Å². The lowest BCUT2D eigenvalue weighted by atomic mass is 9.78. The van der Waals surface area contributed by atoms with Crippen LogP contribution in [0.3, 0.4) is 0 Å². The third-order valence-corrected chi connectivity index (χ3v) is 12.8. The van der Waals surface area contributed by atoms with Crippen molar-refractivity contribution < 1.29 is 0 Å². The van der Waals surface area contributed by atoms with E-state index in [4.69, 9.17) is 0 Å². The van der Waals surface area contributed by atoms with Gasteiger partial charge in [-0.05, 0) is 150 Å². The van der Waals surface area contributed by atoms with Crippen LogP contribution >= 0.6 is 0 Å². The molecule has 1 heterocycles. The van der Waals surface area contributed by atoms with E-state index >= 15 is 0 Å². The number of fused-ring (bicyclic) bond motifs is 10. The van der Waals surface area contributed by atoms with Gasteiger partial charge in [0.05, 0.1) is 16.7 Å². The molecule has 0 spiro atoms. The van der Waals surface area contributed by atoms with Crippen LogP contribution in [-0.2, 0) is 5.41 Å². The second-order valence-electron chi connectivity index (χ2n) is 17.4. The Morgan fingerprint density at radius 2 is 0.900 bits per heavy atom. The zero-order valence-electron chi connectivity index (χ0n) is 33.9. The molecule has 0 aliphatic heterocycles. The van der Waals surface area contributed by atoms with E-state index in [-0.39, 0.29) is 5.41 Å². The molecule has 11 aromatic rings. The van der Waals surface area contributed by atoms with Crippen LogP contribution in [0.2, 0.25) is 0 Å². The number of anilines is 3. The smallest absolute Gasteiger partial charge is 0.0546 e. The third kappa shape index (κ3) is 5.34.